The van der Waals surface area contributed by atoms with E-state index in [0.717, 1.165) is 30.1 Å². The van der Waals surface area contributed by atoms with Gasteiger partial charge in [0.2, 0.25) is 5.91 Å². The number of nitrogens with one attached hydrogen (secondary N) is 1. The Morgan fingerprint density at radius 2 is 1.44 bits per heavy atom. The SMILES string of the molecule is C=CC(=O)NCCc1ccc(C2CCC(C3CCC(CCCCCCCCC)CC3)CC2)cc1. The Kier molecular flexibility index (Phi) is 12.3. The lowest BCUT2D eigenvalue weighted by Gasteiger charge is -2.38. The van der Waals surface area contributed by atoms with Gasteiger partial charge in [0.1, 0.15) is 0 Å². The fraction of sp³-hybridized carbons (Fsp3) is 0.719. The molecule has 2 fully saturated rings. The van der Waals surface area contributed by atoms with Crippen molar-refractivity contribution in [3.63, 3.8) is 0 Å². The Labute approximate surface area is 210 Å². The van der Waals surface area contributed by atoms with Crippen LogP contribution in [0.25, 0.3) is 0 Å². The molecule has 1 aromatic carbocycles. The first kappa shape index (κ1) is 27.0. The zero-order valence-electron chi connectivity index (χ0n) is 22.0. The largest absolute Gasteiger partial charge is 0.352 e. The zero-order chi connectivity index (χ0) is 24.0. The summed E-state index contributed by atoms with van der Waals surface area (Å²) in [5, 5.41) is 2.86. The van der Waals surface area contributed by atoms with E-state index in [2.05, 4.69) is 43.1 Å². The van der Waals surface area contributed by atoms with Gasteiger partial charge in [0, 0.05) is 6.54 Å². The van der Waals surface area contributed by atoms with Gasteiger partial charge in [-0.15, -0.1) is 0 Å². The zero-order valence-corrected chi connectivity index (χ0v) is 22.0. The summed E-state index contributed by atoms with van der Waals surface area (Å²) in [5.41, 5.74) is 2.82. The number of hydrogen-bond acceptors (Lipinski definition) is 1. The Balaban J connectivity index is 1.29. The van der Waals surface area contributed by atoms with Crippen LogP contribution in [-0.2, 0) is 11.2 Å². The van der Waals surface area contributed by atoms with Crippen molar-refractivity contribution in [3.8, 4) is 0 Å². The van der Waals surface area contributed by atoms with Crippen LogP contribution >= 0.6 is 0 Å². The minimum absolute atomic E-state index is 0.0879. The third-order valence-corrected chi connectivity index (χ3v) is 8.90. The smallest absolute Gasteiger partial charge is 0.243 e. The Bertz CT molecular complexity index is 692. The van der Waals surface area contributed by atoms with Crippen LogP contribution in [0.3, 0.4) is 0 Å². The molecule has 0 spiro atoms. The lowest BCUT2D eigenvalue weighted by Crippen LogP contribution is -2.25. The van der Waals surface area contributed by atoms with Crippen molar-refractivity contribution in [2.75, 3.05) is 6.54 Å². The van der Waals surface area contributed by atoms with Gasteiger partial charge in [-0.05, 0) is 85.8 Å². The number of carbonyl (C=O) groups is 1. The first-order chi connectivity index (χ1) is 16.7. The van der Waals surface area contributed by atoms with E-state index in [1.54, 1.807) is 0 Å². The highest BCUT2D eigenvalue weighted by Gasteiger charge is 2.31. The molecule has 2 aliphatic carbocycles. The summed E-state index contributed by atoms with van der Waals surface area (Å²) in [7, 11) is 0. The number of unbranched alkanes of at least 4 members (excludes halogenated alkanes) is 6. The lowest BCUT2D eigenvalue weighted by atomic mass is 9.68. The average molecular weight is 466 g/mol. The predicted octanol–water partition coefficient (Wildman–Crippen LogP) is 8.75. The molecule has 2 aliphatic rings. The molecule has 0 bridgehead atoms. The molecule has 0 saturated heterocycles. The highest BCUT2D eigenvalue weighted by atomic mass is 16.1. The number of amides is 1. The molecule has 0 radical (unpaired) electrons. The fourth-order valence-electron chi connectivity index (χ4n) is 6.62. The molecule has 0 aliphatic heterocycles. The molecule has 0 atom stereocenters. The van der Waals surface area contributed by atoms with Gasteiger partial charge < -0.3 is 5.32 Å². The van der Waals surface area contributed by atoms with Crippen molar-refractivity contribution in [1.29, 1.82) is 0 Å². The van der Waals surface area contributed by atoms with Gasteiger partial charge in [-0.3, -0.25) is 4.79 Å². The van der Waals surface area contributed by atoms with Crippen LogP contribution in [0.2, 0.25) is 0 Å². The van der Waals surface area contributed by atoms with Crippen LogP contribution in [0.4, 0.5) is 0 Å². The number of carbonyl (C=O) groups excluding carboxylic acids is 1. The Morgan fingerprint density at radius 3 is 2.06 bits per heavy atom. The first-order valence-electron chi connectivity index (χ1n) is 14.7. The maximum atomic E-state index is 11.3. The molecule has 2 nitrogen and oxygen atoms in total. The summed E-state index contributed by atoms with van der Waals surface area (Å²) in [4.78, 5) is 11.3. The summed E-state index contributed by atoms with van der Waals surface area (Å²) < 4.78 is 0. The maximum Gasteiger partial charge on any atom is 0.243 e. The third kappa shape index (κ3) is 9.23. The quantitative estimate of drug-likeness (QED) is 0.216. The molecule has 34 heavy (non-hydrogen) atoms. The van der Waals surface area contributed by atoms with Crippen LogP contribution in [0, 0.1) is 17.8 Å². The van der Waals surface area contributed by atoms with Gasteiger partial charge in [-0.1, -0.05) is 102 Å². The Morgan fingerprint density at radius 1 is 0.853 bits per heavy atom. The van der Waals surface area contributed by atoms with Crippen LogP contribution in [0.1, 0.15) is 127 Å². The van der Waals surface area contributed by atoms with Crippen molar-refractivity contribution < 1.29 is 4.79 Å². The van der Waals surface area contributed by atoms with Crippen LogP contribution in [0.5, 0.6) is 0 Å². The second-order valence-electron chi connectivity index (χ2n) is 11.3. The highest BCUT2D eigenvalue weighted by Crippen LogP contribution is 2.44. The molecule has 0 unspecified atom stereocenters. The van der Waals surface area contributed by atoms with Gasteiger partial charge in [0.25, 0.3) is 0 Å². The van der Waals surface area contributed by atoms with Crippen LogP contribution in [-0.4, -0.2) is 12.5 Å². The minimum Gasteiger partial charge on any atom is -0.352 e. The van der Waals surface area contributed by atoms with E-state index in [4.69, 9.17) is 0 Å². The summed E-state index contributed by atoms with van der Waals surface area (Å²) in [5.74, 6) is 3.70. The standard InChI is InChI=1S/C32H51NO/c1-3-5-6-7-8-9-10-11-26-12-16-28(17-13-26)30-20-22-31(23-21-30)29-18-14-27(15-19-29)24-25-33-32(34)4-2/h4,14-15,18-19,26,28,30-31H,2-3,5-13,16-17,20-25H2,1H3,(H,33,34). The third-order valence-electron chi connectivity index (χ3n) is 8.90. The van der Waals surface area contributed by atoms with E-state index in [1.165, 1.54) is 120 Å². The molecule has 2 heteroatoms. The van der Waals surface area contributed by atoms with Crippen molar-refractivity contribution >= 4 is 5.91 Å². The van der Waals surface area contributed by atoms with Crippen molar-refractivity contribution in [2.24, 2.45) is 17.8 Å². The molecule has 1 N–H and O–H groups in total. The predicted molar refractivity (Wildman–Crippen MR) is 146 cm³/mol. The van der Waals surface area contributed by atoms with E-state index >= 15 is 0 Å². The average Bonchev–Trinajstić information content (AvgIpc) is 2.89. The fourth-order valence-corrected chi connectivity index (χ4v) is 6.62. The van der Waals surface area contributed by atoms with Crippen molar-refractivity contribution in [1.82, 2.24) is 5.32 Å². The molecule has 2 saturated carbocycles. The van der Waals surface area contributed by atoms with Gasteiger partial charge in [0.05, 0.1) is 0 Å². The van der Waals surface area contributed by atoms with E-state index in [-0.39, 0.29) is 5.91 Å². The van der Waals surface area contributed by atoms with E-state index in [9.17, 15) is 4.79 Å². The van der Waals surface area contributed by atoms with Gasteiger partial charge in [-0.2, -0.15) is 0 Å². The number of benzene rings is 1. The summed E-state index contributed by atoms with van der Waals surface area (Å²) in [6.45, 7) is 6.48. The molecular formula is C32H51NO. The second kappa shape index (κ2) is 15.4. The van der Waals surface area contributed by atoms with Gasteiger partial charge in [0.15, 0.2) is 0 Å². The van der Waals surface area contributed by atoms with Crippen LogP contribution < -0.4 is 5.32 Å². The molecular weight excluding hydrogens is 414 g/mol. The normalized spacial score (nSPS) is 25.1. The molecule has 1 aromatic rings. The second-order valence-corrected chi connectivity index (χ2v) is 11.3. The summed E-state index contributed by atoms with van der Waals surface area (Å²) in [6, 6.07) is 9.19. The molecule has 190 valence electrons. The Hall–Kier alpha value is -1.57. The highest BCUT2D eigenvalue weighted by molar-refractivity contribution is 5.86. The maximum absolute atomic E-state index is 11.3. The molecule has 1 amide bonds. The summed E-state index contributed by atoms with van der Waals surface area (Å²) in [6.07, 6.45) is 25.5. The van der Waals surface area contributed by atoms with Crippen LogP contribution in [0.15, 0.2) is 36.9 Å². The molecule has 0 aromatic heterocycles. The van der Waals surface area contributed by atoms with E-state index in [1.807, 2.05) is 0 Å². The molecule has 3 rings (SSSR count). The van der Waals surface area contributed by atoms with Gasteiger partial charge >= 0.3 is 0 Å². The van der Waals surface area contributed by atoms with Gasteiger partial charge in [-0.25, -0.2) is 0 Å². The lowest BCUT2D eigenvalue weighted by molar-refractivity contribution is -0.116. The topological polar surface area (TPSA) is 29.1 Å². The monoisotopic (exact) mass is 465 g/mol. The van der Waals surface area contributed by atoms with Crippen molar-refractivity contribution in [3.05, 3.63) is 48.0 Å². The molecule has 0 heterocycles. The van der Waals surface area contributed by atoms with E-state index in [0.29, 0.717) is 6.54 Å². The van der Waals surface area contributed by atoms with Crippen molar-refractivity contribution in [2.45, 2.75) is 122 Å². The van der Waals surface area contributed by atoms with E-state index < -0.39 is 0 Å². The number of hydrogen-bond donors (Lipinski definition) is 1. The summed E-state index contributed by atoms with van der Waals surface area (Å²) >= 11 is 0. The minimum atomic E-state index is -0.0879. The number of rotatable bonds is 14. The first-order valence-corrected chi connectivity index (χ1v) is 14.7.